The minimum Gasteiger partial charge on any atom is -0.451 e. The van der Waals surface area contributed by atoms with E-state index < -0.39 is 0 Å². The Morgan fingerprint density at radius 1 is 1.25 bits per heavy atom. The second-order valence-corrected chi connectivity index (χ2v) is 7.93. The van der Waals surface area contributed by atoms with Crippen molar-refractivity contribution in [3.8, 4) is 0 Å². The number of carbonyl (C=O) groups is 1. The van der Waals surface area contributed by atoms with Gasteiger partial charge in [0.2, 0.25) is 0 Å². The molecule has 6 nitrogen and oxygen atoms in total. The van der Waals surface area contributed by atoms with E-state index in [1.54, 1.807) is 0 Å². The van der Waals surface area contributed by atoms with Gasteiger partial charge >= 0.3 is 0 Å². The average molecular weight is 376 g/mol. The van der Waals surface area contributed by atoms with Crippen LogP contribution in [0, 0.1) is 0 Å². The molecule has 144 valence electrons. The van der Waals surface area contributed by atoms with Gasteiger partial charge < -0.3 is 14.2 Å². The summed E-state index contributed by atoms with van der Waals surface area (Å²) in [6, 6.07) is 9.57. The topological polar surface area (TPSA) is 62.5 Å². The van der Waals surface area contributed by atoms with Crippen LogP contribution in [0.5, 0.6) is 0 Å². The third-order valence-electron chi connectivity index (χ3n) is 5.85. The summed E-state index contributed by atoms with van der Waals surface area (Å²) in [4.78, 5) is 26.7. The predicted octanol–water partition coefficient (Wildman–Crippen LogP) is 3.23. The van der Waals surface area contributed by atoms with Crippen LogP contribution in [0.2, 0.25) is 0 Å². The van der Waals surface area contributed by atoms with Crippen LogP contribution < -0.4 is 0 Å². The van der Waals surface area contributed by atoms with Gasteiger partial charge in [-0.05, 0) is 32.0 Å². The van der Waals surface area contributed by atoms with E-state index in [0.717, 1.165) is 55.7 Å². The quantitative estimate of drug-likeness (QED) is 0.687. The van der Waals surface area contributed by atoms with E-state index in [1.807, 2.05) is 41.4 Å². The standard InChI is InChI=1S/C22H24N4O2/c1-25-10-8-18-17(13-25)12-23-21(24-18)16-6-4-9-26(14-16)22(27)20-11-15-5-2-3-7-19(15)28-20/h2-3,5,7,11-12,16H,4,6,8-10,13-14H2,1H3. The van der Waals surface area contributed by atoms with Gasteiger partial charge in [-0.25, -0.2) is 9.97 Å². The van der Waals surface area contributed by atoms with Crippen molar-refractivity contribution in [3.63, 3.8) is 0 Å². The molecule has 1 saturated heterocycles. The number of aromatic nitrogens is 2. The fraction of sp³-hybridized carbons (Fsp3) is 0.409. The van der Waals surface area contributed by atoms with Crippen LogP contribution >= 0.6 is 0 Å². The SMILES string of the molecule is CN1CCc2nc(C3CCCN(C(=O)c4cc5ccccc5o4)C3)ncc2C1. The molecule has 4 heterocycles. The highest BCUT2D eigenvalue weighted by atomic mass is 16.3. The molecule has 1 aromatic carbocycles. The summed E-state index contributed by atoms with van der Waals surface area (Å²) in [6.07, 6.45) is 4.92. The van der Waals surface area contributed by atoms with Gasteiger partial charge in [0, 0.05) is 61.4 Å². The lowest BCUT2D eigenvalue weighted by Crippen LogP contribution is -2.39. The molecule has 1 atom stereocenters. The van der Waals surface area contributed by atoms with Crippen molar-refractivity contribution >= 4 is 16.9 Å². The zero-order valence-electron chi connectivity index (χ0n) is 16.1. The highest BCUT2D eigenvalue weighted by Gasteiger charge is 2.29. The summed E-state index contributed by atoms with van der Waals surface area (Å²) in [6.45, 7) is 3.35. The van der Waals surface area contributed by atoms with Crippen LogP contribution in [0.25, 0.3) is 11.0 Å². The molecule has 5 rings (SSSR count). The Morgan fingerprint density at radius 2 is 2.14 bits per heavy atom. The van der Waals surface area contributed by atoms with E-state index in [4.69, 9.17) is 9.40 Å². The first-order valence-electron chi connectivity index (χ1n) is 9.98. The number of rotatable bonds is 2. The Labute approximate surface area is 164 Å². The van der Waals surface area contributed by atoms with Crippen LogP contribution in [-0.4, -0.2) is 52.4 Å². The molecule has 1 unspecified atom stereocenters. The Balaban J connectivity index is 1.35. The van der Waals surface area contributed by atoms with Gasteiger partial charge in [0.15, 0.2) is 5.76 Å². The van der Waals surface area contributed by atoms with Gasteiger partial charge in [-0.3, -0.25) is 4.79 Å². The first-order valence-corrected chi connectivity index (χ1v) is 9.98. The Morgan fingerprint density at radius 3 is 3.04 bits per heavy atom. The van der Waals surface area contributed by atoms with Gasteiger partial charge in [-0.15, -0.1) is 0 Å². The van der Waals surface area contributed by atoms with E-state index in [0.29, 0.717) is 12.3 Å². The number of nitrogens with zero attached hydrogens (tertiary/aromatic N) is 4. The predicted molar refractivity (Wildman–Crippen MR) is 106 cm³/mol. The second kappa shape index (κ2) is 7.02. The van der Waals surface area contributed by atoms with Gasteiger partial charge in [-0.2, -0.15) is 0 Å². The summed E-state index contributed by atoms with van der Waals surface area (Å²) < 4.78 is 5.78. The van der Waals surface area contributed by atoms with Crippen molar-refractivity contribution in [2.75, 3.05) is 26.7 Å². The van der Waals surface area contributed by atoms with E-state index in [2.05, 4.69) is 16.9 Å². The minimum absolute atomic E-state index is 0.0412. The zero-order chi connectivity index (χ0) is 19.1. The number of carbonyl (C=O) groups excluding carboxylic acids is 1. The molecule has 1 fully saturated rings. The van der Waals surface area contributed by atoms with Crippen LogP contribution in [0.4, 0.5) is 0 Å². The number of amides is 1. The van der Waals surface area contributed by atoms with Crippen molar-refractivity contribution in [1.29, 1.82) is 0 Å². The molecule has 0 saturated carbocycles. The largest absolute Gasteiger partial charge is 0.451 e. The van der Waals surface area contributed by atoms with Crippen molar-refractivity contribution in [2.24, 2.45) is 0 Å². The number of furan rings is 1. The molecule has 0 bridgehead atoms. The molecule has 6 heteroatoms. The van der Waals surface area contributed by atoms with E-state index in [1.165, 1.54) is 11.3 Å². The second-order valence-electron chi connectivity index (χ2n) is 7.93. The van der Waals surface area contributed by atoms with E-state index >= 15 is 0 Å². The number of piperidine rings is 1. The van der Waals surface area contributed by atoms with Crippen molar-refractivity contribution < 1.29 is 9.21 Å². The Hall–Kier alpha value is -2.73. The van der Waals surface area contributed by atoms with Crippen LogP contribution in [0.3, 0.4) is 0 Å². The molecule has 2 aliphatic heterocycles. The van der Waals surface area contributed by atoms with Crippen LogP contribution in [0.1, 0.15) is 46.4 Å². The van der Waals surface area contributed by atoms with Gasteiger partial charge in [-0.1, -0.05) is 18.2 Å². The molecule has 2 aromatic heterocycles. The number of likely N-dealkylation sites (N-methyl/N-ethyl adjacent to an activating group) is 1. The molecule has 0 spiro atoms. The number of hydrogen-bond acceptors (Lipinski definition) is 5. The minimum atomic E-state index is -0.0412. The lowest BCUT2D eigenvalue weighted by molar-refractivity contribution is 0.0674. The van der Waals surface area contributed by atoms with Crippen LogP contribution in [-0.2, 0) is 13.0 Å². The summed E-state index contributed by atoms with van der Waals surface area (Å²) >= 11 is 0. The molecular formula is C22H24N4O2. The number of para-hydroxylation sites is 1. The molecule has 0 radical (unpaired) electrons. The lowest BCUT2D eigenvalue weighted by Gasteiger charge is -2.32. The summed E-state index contributed by atoms with van der Waals surface area (Å²) in [5.74, 6) is 1.44. The summed E-state index contributed by atoms with van der Waals surface area (Å²) in [7, 11) is 2.12. The number of likely N-dealkylation sites (tertiary alicyclic amines) is 1. The van der Waals surface area contributed by atoms with Gasteiger partial charge in [0.05, 0.1) is 0 Å². The third-order valence-corrected chi connectivity index (χ3v) is 5.85. The zero-order valence-corrected chi connectivity index (χ0v) is 16.1. The normalized spacial score (nSPS) is 20.3. The van der Waals surface area contributed by atoms with Crippen LogP contribution in [0.15, 0.2) is 40.9 Å². The highest BCUT2D eigenvalue weighted by Crippen LogP contribution is 2.28. The first kappa shape index (κ1) is 17.4. The maximum atomic E-state index is 13.0. The summed E-state index contributed by atoms with van der Waals surface area (Å²) in [5.41, 5.74) is 3.15. The molecular weight excluding hydrogens is 352 g/mol. The maximum Gasteiger partial charge on any atom is 0.289 e. The monoisotopic (exact) mass is 376 g/mol. The van der Waals surface area contributed by atoms with Crippen molar-refractivity contribution in [1.82, 2.24) is 19.8 Å². The maximum absolute atomic E-state index is 13.0. The molecule has 1 amide bonds. The van der Waals surface area contributed by atoms with Crippen molar-refractivity contribution in [3.05, 3.63) is 59.4 Å². The summed E-state index contributed by atoms with van der Waals surface area (Å²) in [5, 5.41) is 0.961. The number of benzene rings is 1. The van der Waals surface area contributed by atoms with Gasteiger partial charge in [0.25, 0.3) is 5.91 Å². The molecule has 3 aromatic rings. The molecule has 2 aliphatic rings. The lowest BCUT2D eigenvalue weighted by atomic mass is 9.96. The molecule has 28 heavy (non-hydrogen) atoms. The first-order chi connectivity index (χ1) is 13.7. The molecule has 0 N–H and O–H groups in total. The Bertz CT molecular complexity index is 995. The average Bonchev–Trinajstić information content (AvgIpc) is 3.17. The fourth-order valence-corrected chi connectivity index (χ4v) is 4.28. The smallest absolute Gasteiger partial charge is 0.289 e. The number of hydrogen-bond donors (Lipinski definition) is 0. The fourth-order valence-electron chi connectivity index (χ4n) is 4.28. The molecule has 0 aliphatic carbocycles. The van der Waals surface area contributed by atoms with Gasteiger partial charge in [0.1, 0.15) is 11.4 Å². The Kier molecular flexibility index (Phi) is 4.36. The third kappa shape index (κ3) is 3.18. The highest BCUT2D eigenvalue weighted by molar-refractivity contribution is 5.96. The van der Waals surface area contributed by atoms with E-state index in [9.17, 15) is 4.79 Å². The number of fused-ring (bicyclic) bond motifs is 2. The van der Waals surface area contributed by atoms with Crippen molar-refractivity contribution in [2.45, 2.75) is 31.7 Å². The van der Waals surface area contributed by atoms with E-state index in [-0.39, 0.29) is 11.8 Å².